The molecule has 0 spiro atoms. The molecule has 82 valence electrons. The second-order valence-corrected chi connectivity index (χ2v) is 3.89. The van der Waals surface area contributed by atoms with E-state index in [1.807, 2.05) is 6.92 Å². The van der Waals surface area contributed by atoms with Gasteiger partial charge in [0, 0.05) is 0 Å². The van der Waals surface area contributed by atoms with E-state index >= 15 is 0 Å². The number of hydrogen-bond donors (Lipinski definition) is 0. The Bertz CT molecular complexity index is 249. The zero-order valence-electron chi connectivity index (χ0n) is 8.83. The Balaban J connectivity index is 4.89. The zero-order valence-corrected chi connectivity index (χ0v) is 8.83. The van der Waals surface area contributed by atoms with Gasteiger partial charge in [-0.2, -0.15) is 13.2 Å². The van der Waals surface area contributed by atoms with Crippen molar-refractivity contribution in [2.75, 3.05) is 0 Å². The summed E-state index contributed by atoms with van der Waals surface area (Å²) in [7, 11) is 0. The van der Waals surface area contributed by atoms with Gasteiger partial charge in [-0.1, -0.05) is 18.6 Å². The molecule has 4 heteroatoms. The van der Waals surface area contributed by atoms with Crippen molar-refractivity contribution in [3.63, 3.8) is 0 Å². The fourth-order valence-corrected chi connectivity index (χ4v) is 1.15. The summed E-state index contributed by atoms with van der Waals surface area (Å²) in [6.45, 7) is 6.11. The van der Waals surface area contributed by atoms with E-state index in [1.54, 1.807) is 6.92 Å². The van der Waals surface area contributed by atoms with E-state index < -0.39 is 17.4 Å². The quantitative estimate of drug-likeness (QED) is 0.649. The van der Waals surface area contributed by atoms with Crippen LogP contribution in [0.3, 0.4) is 0 Å². The molecular weight excluding hydrogens is 193 g/mol. The molecule has 0 fully saturated rings. The van der Waals surface area contributed by atoms with Crippen molar-refractivity contribution in [2.45, 2.75) is 40.3 Å². The van der Waals surface area contributed by atoms with E-state index in [9.17, 15) is 18.0 Å². The predicted octanol–water partition coefficient (Wildman–Crippen LogP) is 3.50. The summed E-state index contributed by atoms with van der Waals surface area (Å²) in [4.78, 5) is 11.0. The fraction of sp³-hybridized carbons (Fsp3) is 0.700. The van der Waals surface area contributed by atoms with Gasteiger partial charge in [-0.05, 0) is 27.2 Å². The lowest BCUT2D eigenvalue weighted by atomic mass is 9.85. The van der Waals surface area contributed by atoms with Crippen molar-refractivity contribution in [3.8, 4) is 0 Å². The fourth-order valence-electron chi connectivity index (χ4n) is 1.15. The highest BCUT2D eigenvalue weighted by atomic mass is 19.4. The average Bonchev–Trinajstić information content (AvgIpc) is 2.00. The monoisotopic (exact) mass is 208 g/mol. The summed E-state index contributed by atoms with van der Waals surface area (Å²) in [5.74, 6) is -1.70. The minimum absolute atomic E-state index is 0.647. The molecule has 0 rings (SSSR count). The summed E-state index contributed by atoms with van der Waals surface area (Å²) in [5, 5.41) is 0. The first-order chi connectivity index (χ1) is 6.11. The Morgan fingerprint density at radius 1 is 1.29 bits per heavy atom. The maximum Gasteiger partial charge on any atom is 0.450 e. The van der Waals surface area contributed by atoms with E-state index in [-0.39, 0.29) is 0 Å². The number of allylic oxidation sites excluding steroid dienone is 2. The Morgan fingerprint density at radius 2 is 1.71 bits per heavy atom. The molecule has 0 unspecified atom stereocenters. The Labute approximate surface area is 82.0 Å². The standard InChI is InChI=1S/C10H15F3O/c1-5-7(2)6-9(3,4)8(14)10(11,12)13/h6H,5H2,1-4H3/b7-6+. The lowest BCUT2D eigenvalue weighted by molar-refractivity contribution is -0.178. The molecule has 0 aliphatic carbocycles. The summed E-state index contributed by atoms with van der Waals surface area (Å²) < 4.78 is 36.4. The van der Waals surface area contributed by atoms with Gasteiger partial charge in [-0.3, -0.25) is 4.79 Å². The number of Topliss-reactive ketones (excluding diaryl/α,β-unsaturated/α-hetero) is 1. The Hall–Kier alpha value is -0.800. The van der Waals surface area contributed by atoms with Crippen LogP contribution in [0.4, 0.5) is 13.2 Å². The van der Waals surface area contributed by atoms with Crippen LogP contribution in [-0.4, -0.2) is 12.0 Å². The third-order valence-electron chi connectivity index (χ3n) is 2.01. The van der Waals surface area contributed by atoms with Gasteiger partial charge in [0.1, 0.15) is 0 Å². The molecule has 1 nitrogen and oxygen atoms in total. The van der Waals surface area contributed by atoms with Crippen LogP contribution < -0.4 is 0 Å². The van der Waals surface area contributed by atoms with Gasteiger partial charge in [0.15, 0.2) is 0 Å². The van der Waals surface area contributed by atoms with E-state index in [0.717, 1.165) is 5.57 Å². The first kappa shape index (κ1) is 13.2. The third-order valence-corrected chi connectivity index (χ3v) is 2.01. The van der Waals surface area contributed by atoms with Crippen molar-refractivity contribution in [2.24, 2.45) is 5.41 Å². The molecule has 0 radical (unpaired) electrons. The average molecular weight is 208 g/mol. The first-order valence-electron chi connectivity index (χ1n) is 4.41. The van der Waals surface area contributed by atoms with Crippen molar-refractivity contribution in [1.29, 1.82) is 0 Å². The molecule has 0 saturated heterocycles. The molecule has 0 aromatic heterocycles. The van der Waals surface area contributed by atoms with Crippen molar-refractivity contribution >= 4 is 5.78 Å². The maximum atomic E-state index is 12.1. The molecule has 0 N–H and O–H groups in total. The SMILES string of the molecule is CC/C(C)=C/C(C)(C)C(=O)C(F)(F)F. The van der Waals surface area contributed by atoms with Crippen molar-refractivity contribution in [1.82, 2.24) is 0 Å². The molecule has 0 atom stereocenters. The van der Waals surface area contributed by atoms with Gasteiger partial charge in [-0.25, -0.2) is 0 Å². The number of carbonyl (C=O) groups excluding carboxylic acids is 1. The molecule has 0 aromatic carbocycles. The number of rotatable bonds is 3. The summed E-state index contributed by atoms with van der Waals surface area (Å²) in [5.41, 5.74) is -0.675. The lowest BCUT2D eigenvalue weighted by Gasteiger charge is -2.21. The second-order valence-electron chi connectivity index (χ2n) is 3.89. The van der Waals surface area contributed by atoms with Gasteiger partial charge in [0.2, 0.25) is 5.78 Å². The lowest BCUT2D eigenvalue weighted by Crippen LogP contribution is -2.35. The largest absolute Gasteiger partial charge is 0.450 e. The van der Waals surface area contributed by atoms with Gasteiger partial charge >= 0.3 is 6.18 Å². The summed E-state index contributed by atoms with van der Waals surface area (Å²) in [6.07, 6.45) is -2.73. The number of halogens is 3. The Kier molecular flexibility index (Phi) is 3.91. The highest BCUT2D eigenvalue weighted by Crippen LogP contribution is 2.31. The number of ketones is 1. The topological polar surface area (TPSA) is 17.1 Å². The number of hydrogen-bond acceptors (Lipinski definition) is 1. The van der Waals surface area contributed by atoms with Gasteiger partial charge in [0.05, 0.1) is 5.41 Å². The van der Waals surface area contributed by atoms with Crippen LogP contribution in [0.2, 0.25) is 0 Å². The molecule has 0 aliphatic heterocycles. The molecule has 0 aromatic rings. The maximum absolute atomic E-state index is 12.1. The molecule has 0 bridgehead atoms. The van der Waals surface area contributed by atoms with E-state index in [0.29, 0.717) is 6.42 Å². The first-order valence-corrected chi connectivity index (χ1v) is 4.41. The normalized spacial score (nSPS) is 14.4. The highest BCUT2D eigenvalue weighted by Gasteiger charge is 2.46. The van der Waals surface area contributed by atoms with Crippen molar-refractivity contribution in [3.05, 3.63) is 11.6 Å². The molecule has 14 heavy (non-hydrogen) atoms. The predicted molar refractivity (Wildman–Crippen MR) is 48.9 cm³/mol. The van der Waals surface area contributed by atoms with E-state index in [1.165, 1.54) is 19.9 Å². The van der Waals surface area contributed by atoms with Crippen LogP contribution in [0.25, 0.3) is 0 Å². The van der Waals surface area contributed by atoms with Crippen LogP contribution in [0.5, 0.6) is 0 Å². The second kappa shape index (κ2) is 4.15. The van der Waals surface area contributed by atoms with Crippen LogP contribution in [0, 0.1) is 5.41 Å². The smallest absolute Gasteiger partial charge is 0.289 e. The van der Waals surface area contributed by atoms with Crippen LogP contribution in [0.15, 0.2) is 11.6 Å². The highest BCUT2D eigenvalue weighted by molar-refractivity contribution is 5.90. The molecular formula is C10H15F3O. The van der Waals surface area contributed by atoms with Crippen LogP contribution in [-0.2, 0) is 4.79 Å². The van der Waals surface area contributed by atoms with Gasteiger partial charge in [-0.15, -0.1) is 0 Å². The van der Waals surface area contributed by atoms with E-state index in [4.69, 9.17) is 0 Å². The minimum Gasteiger partial charge on any atom is -0.289 e. The third kappa shape index (κ3) is 3.52. The van der Waals surface area contributed by atoms with Crippen LogP contribution in [0.1, 0.15) is 34.1 Å². The van der Waals surface area contributed by atoms with Crippen LogP contribution >= 0.6 is 0 Å². The zero-order chi connectivity index (χ0) is 11.6. The Morgan fingerprint density at radius 3 is 2.00 bits per heavy atom. The molecule has 0 saturated carbocycles. The summed E-state index contributed by atoms with van der Waals surface area (Å²) >= 11 is 0. The van der Waals surface area contributed by atoms with Gasteiger partial charge in [0.25, 0.3) is 0 Å². The number of alkyl halides is 3. The summed E-state index contributed by atoms with van der Waals surface area (Å²) in [6, 6.07) is 0. The van der Waals surface area contributed by atoms with Crippen molar-refractivity contribution < 1.29 is 18.0 Å². The number of carbonyl (C=O) groups is 1. The molecule has 0 heterocycles. The van der Waals surface area contributed by atoms with E-state index in [2.05, 4.69) is 0 Å². The molecule has 0 aliphatic rings. The van der Waals surface area contributed by atoms with Gasteiger partial charge < -0.3 is 0 Å². The molecule has 0 amide bonds. The minimum atomic E-state index is -4.76.